The second-order valence-corrected chi connectivity index (χ2v) is 6.03. The summed E-state index contributed by atoms with van der Waals surface area (Å²) >= 11 is 2.01. The fourth-order valence-electron chi connectivity index (χ4n) is 2.42. The Morgan fingerprint density at radius 3 is 2.67 bits per heavy atom. The van der Waals surface area contributed by atoms with E-state index in [2.05, 4.69) is 49.7 Å². The molecular weight excluding hydrogens is 242 g/mol. The number of rotatable bonds is 8. The summed E-state index contributed by atoms with van der Waals surface area (Å²) < 4.78 is 2.18. The number of nitrogens with zero attached hydrogens (tertiary/aromatic N) is 2. The van der Waals surface area contributed by atoms with Gasteiger partial charge in [0.1, 0.15) is 0 Å². The molecule has 0 saturated heterocycles. The first-order valence-corrected chi connectivity index (χ1v) is 8.12. The van der Waals surface area contributed by atoms with Gasteiger partial charge >= 0.3 is 0 Å². The third-order valence-electron chi connectivity index (χ3n) is 3.24. The minimum absolute atomic E-state index is 0.397. The first-order chi connectivity index (χ1) is 8.61. The van der Waals surface area contributed by atoms with Gasteiger partial charge in [-0.2, -0.15) is 16.9 Å². The Balaban J connectivity index is 2.68. The predicted molar refractivity (Wildman–Crippen MR) is 81.4 cm³/mol. The van der Waals surface area contributed by atoms with Crippen molar-refractivity contribution in [3.8, 4) is 0 Å². The molecule has 1 N–H and O–H groups in total. The Morgan fingerprint density at radius 2 is 2.06 bits per heavy atom. The summed E-state index contributed by atoms with van der Waals surface area (Å²) in [6.07, 6.45) is 1.20. The lowest BCUT2D eigenvalue weighted by Crippen LogP contribution is -2.19. The highest BCUT2D eigenvalue weighted by Gasteiger charge is 2.16. The van der Waals surface area contributed by atoms with Gasteiger partial charge in [-0.25, -0.2) is 0 Å². The summed E-state index contributed by atoms with van der Waals surface area (Å²) in [5.41, 5.74) is 3.87. The van der Waals surface area contributed by atoms with E-state index in [1.54, 1.807) is 0 Å². The second-order valence-electron chi connectivity index (χ2n) is 4.64. The van der Waals surface area contributed by atoms with Crippen LogP contribution in [0, 0.1) is 13.8 Å². The molecule has 0 amide bonds. The van der Waals surface area contributed by atoms with Gasteiger partial charge in [-0.05, 0) is 45.2 Å². The summed E-state index contributed by atoms with van der Waals surface area (Å²) in [5, 5.41) is 8.15. The van der Waals surface area contributed by atoms with E-state index in [-0.39, 0.29) is 0 Å². The van der Waals surface area contributed by atoms with Crippen LogP contribution in [-0.4, -0.2) is 27.8 Å². The molecule has 1 unspecified atom stereocenters. The van der Waals surface area contributed by atoms with Crippen LogP contribution in [0.4, 0.5) is 0 Å². The Hall–Kier alpha value is -0.480. The van der Waals surface area contributed by atoms with Crippen molar-refractivity contribution in [3.05, 3.63) is 17.0 Å². The first kappa shape index (κ1) is 15.6. The topological polar surface area (TPSA) is 29.9 Å². The van der Waals surface area contributed by atoms with Gasteiger partial charge in [-0.1, -0.05) is 13.8 Å². The van der Waals surface area contributed by atoms with E-state index in [0.29, 0.717) is 6.04 Å². The summed E-state index contributed by atoms with van der Waals surface area (Å²) in [7, 11) is 0. The molecule has 1 rings (SSSR count). The zero-order valence-corrected chi connectivity index (χ0v) is 13.2. The van der Waals surface area contributed by atoms with Crippen molar-refractivity contribution in [1.29, 1.82) is 0 Å². The highest BCUT2D eigenvalue weighted by atomic mass is 32.2. The summed E-state index contributed by atoms with van der Waals surface area (Å²) in [6.45, 7) is 12.9. The summed E-state index contributed by atoms with van der Waals surface area (Å²) in [4.78, 5) is 0. The Morgan fingerprint density at radius 1 is 1.33 bits per heavy atom. The fraction of sp³-hybridized carbons (Fsp3) is 0.786. The normalized spacial score (nSPS) is 12.9. The van der Waals surface area contributed by atoms with E-state index in [1.807, 2.05) is 11.8 Å². The largest absolute Gasteiger partial charge is 0.310 e. The SMILES string of the molecule is CCNC(C)c1c(C)nn(CCCSCC)c1C. The third kappa shape index (κ3) is 4.02. The fourth-order valence-corrected chi connectivity index (χ4v) is 3.05. The molecule has 104 valence electrons. The van der Waals surface area contributed by atoms with Crippen LogP contribution in [0.5, 0.6) is 0 Å². The van der Waals surface area contributed by atoms with Crippen molar-refractivity contribution in [2.75, 3.05) is 18.1 Å². The molecule has 0 fully saturated rings. The number of aryl methyl sites for hydroxylation is 2. The van der Waals surface area contributed by atoms with E-state index in [0.717, 1.165) is 13.1 Å². The van der Waals surface area contributed by atoms with Crippen LogP contribution in [0.25, 0.3) is 0 Å². The van der Waals surface area contributed by atoms with Crippen molar-refractivity contribution in [1.82, 2.24) is 15.1 Å². The molecular formula is C14H27N3S. The third-order valence-corrected chi connectivity index (χ3v) is 4.23. The van der Waals surface area contributed by atoms with Crippen molar-refractivity contribution in [3.63, 3.8) is 0 Å². The number of nitrogens with one attached hydrogen (secondary N) is 1. The van der Waals surface area contributed by atoms with Gasteiger partial charge in [-0.15, -0.1) is 0 Å². The van der Waals surface area contributed by atoms with Crippen LogP contribution < -0.4 is 5.32 Å². The minimum atomic E-state index is 0.397. The first-order valence-electron chi connectivity index (χ1n) is 6.96. The summed E-state index contributed by atoms with van der Waals surface area (Å²) in [6, 6.07) is 0.397. The molecule has 0 saturated carbocycles. The number of aromatic nitrogens is 2. The predicted octanol–water partition coefficient (Wildman–Crippen LogP) is 3.31. The summed E-state index contributed by atoms with van der Waals surface area (Å²) in [5.74, 6) is 2.44. The van der Waals surface area contributed by atoms with E-state index in [4.69, 9.17) is 0 Å². The van der Waals surface area contributed by atoms with Gasteiger partial charge in [0.2, 0.25) is 0 Å². The molecule has 0 aliphatic carbocycles. The van der Waals surface area contributed by atoms with Gasteiger partial charge in [0, 0.05) is 23.8 Å². The maximum absolute atomic E-state index is 4.68. The number of hydrogen-bond donors (Lipinski definition) is 1. The maximum atomic E-state index is 4.68. The smallest absolute Gasteiger partial charge is 0.0644 e. The molecule has 1 heterocycles. The number of thioether (sulfide) groups is 1. The van der Waals surface area contributed by atoms with Gasteiger partial charge in [0.05, 0.1) is 5.69 Å². The lowest BCUT2D eigenvalue weighted by Gasteiger charge is -2.13. The van der Waals surface area contributed by atoms with Crippen LogP contribution in [0.2, 0.25) is 0 Å². The van der Waals surface area contributed by atoms with Gasteiger partial charge in [0.25, 0.3) is 0 Å². The zero-order chi connectivity index (χ0) is 13.5. The second kappa shape index (κ2) is 7.85. The minimum Gasteiger partial charge on any atom is -0.310 e. The molecule has 3 nitrogen and oxygen atoms in total. The standard InChI is InChI=1S/C14H27N3S/c1-6-15-11(3)14-12(4)16-17(13(14)5)9-8-10-18-7-2/h11,15H,6-10H2,1-5H3. The maximum Gasteiger partial charge on any atom is 0.0644 e. The lowest BCUT2D eigenvalue weighted by molar-refractivity contribution is 0.573. The Kier molecular flexibility index (Phi) is 6.79. The molecule has 0 radical (unpaired) electrons. The van der Waals surface area contributed by atoms with Gasteiger partial charge < -0.3 is 5.32 Å². The van der Waals surface area contributed by atoms with Gasteiger partial charge in [-0.3, -0.25) is 4.68 Å². The molecule has 0 bridgehead atoms. The molecule has 0 aliphatic heterocycles. The highest BCUT2D eigenvalue weighted by molar-refractivity contribution is 7.99. The van der Waals surface area contributed by atoms with Crippen molar-refractivity contribution >= 4 is 11.8 Å². The zero-order valence-electron chi connectivity index (χ0n) is 12.4. The Bertz CT molecular complexity index is 360. The molecule has 1 aromatic rings. The van der Waals surface area contributed by atoms with Crippen LogP contribution in [-0.2, 0) is 6.54 Å². The van der Waals surface area contributed by atoms with E-state index >= 15 is 0 Å². The van der Waals surface area contributed by atoms with E-state index in [1.165, 1.54) is 34.9 Å². The van der Waals surface area contributed by atoms with Gasteiger partial charge in [0.15, 0.2) is 0 Å². The van der Waals surface area contributed by atoms with Crippen molar-refractivity contribution < 1.29 is 0 Å². The molecule has 4 heteroatoms. The number of hydrogen-bond acceptors (Lipinski definition) is 3. The molecule has 0 aromatic carbocycles. The average molecular weight is 269 g/mol. The van der Waals surface area contributed by atoms with Crippen molar-refractivity contribution in [2.45, 2.75) is 53.6 Å². The Labute approximate surface area is 116 Å². The molecule has 0 aliphatic rings. The monoisotopic (exact) mass is 269 g/mol. The van der Waals surface area contributed by atoms with Crippen LogP contribution in [0.3, 0.4) is 0 Å². The quantitative estimate of drug-likeness (QED) is 0.734. The molecule has 18 heavy (non-hydrogen) atoms. The lowest BCUT2D eigenvalue weighted by atomic mass is 10.1. The molecule has 0 spiro atoms. The average Bonchev–Trinajstić information content (AvgIpc) is 2.60. The van der Waals surface area contributed by atoms with Crippen molar-refractivity contribution in [2.24, 2.45) is 0 Å². The van der Waals surface area contributed by atoms with Crippen LogP contribution in [0.1, 0.15) is 50.2 Å². The highest BCUT2D eigenvalue weighted by Crippen LogP contribution is 2.21. The molecule has 1 atom stereocenters. The van der Waals surface area contributed by atoms with Crippen LogP contribution in [0.15, 0.2) is 0 Å². The van der Waals surface area contributed by atoms with E-state index < -0.39 is 0 Å². The van der Waals surface area contributed by atoms with E-state index in [9.17, 15) is 0 Å². The van der Waals surface area contributed by atoms with Crippen LogP contribution >= 0.6 is 11.8 Å². The molecule has 1 aromatic heterocycles.